The molecule has 0 radical (unpaired) electrons. The van der Waals surface area contributed by atoms with Gasteiger partial charge in [-0.1, -0.05) is 12.8 Å². The molecule has 2 fully saturated rings. The first-order valence-electron chi connectivity index (χ1n) is 4.90. The highest BCUT2D eigenvalue weighted by molar-refractivity contribution is 7.86. The standard InChI is InChI=1S/C9H16O3S/c1-13(10,11)12-8-4-2-5-9(8)6-3-7-9/h8H,2-7H2,1H3. The lowest BCUT2D eigenvalue weighted by Crippen LogP contribution is -2.39. The van der Waals surface area contributed by atoms with E-state index in [0.717, 1.165) is 38.4 Å². The van der Waals surface area contributed by atoms with Gasteiger partial charge in [-0.3, -0.25) is 4.18 Å². The van der Waals surface area contributed by atoms with Gasteiger partial charge in [0.1, 0.15) is 0 Å². The van der Waals surface area contributed by atoms with Crippen molar-refractivity contribution >= 4 is 10.1 Å². The smallest absolute Gasteiger partial charge is 0.264 e. The van der Waals surface area contributed by atoms with Crippen molar-refractivity contribution in [2.75, 3.05) is 6.26 Å². The molecule has 0 saturated heterocycles. The summed E-state index contributed by atoms with van der Waals surface area (Å²) in [5, 5.41) is 0. The third kappa shape index (κ3) is 1.74. The topological polar surface area (TPSA) is 43.4 Å². The van der Waals surface area contributed by atoms with Crippen molar-refractivity contribution in [1.82, 2.24) is 0 Å². The molecule has 0 bridgehead atoms. The molecule has 3 nitrogen and oxygen atoms in total. The van der Waals surface area contributed by atoms with Gasteiger partial charge in [0.2, 0.25) is 0 Å². The van der Waals surface area contributed by atoms with Gasteiger partial charge in [0.25, 0.3) is 10.1 Å². The Morgan fingerprint density at radius 2 is 1.85 bits per heavy atom. The first-order chi connectivity index (χ1) is 6.02. The number of hydrogen-bond donors (Lipinski definition) is 0. The summed E-state index contributed by atoms with van der Waals surface area (Å²) in [6.07, 6.45) is 7.90. The molecule has 76 valence electrons. The van der Waals surface area contributed by atoms with Crippen LogP contribution in [-0.2, 0) is 14.3 Å². The highest BCUT2D eigenvalue weighted by Gasteiger charge is 2.49. The minimum absolute atomic E-state index is 0.0174. The lowest BCUT2D eigenvalue weighted by molar-refractivity contribution is 0.0134. The fraction of sp³-hybridized carbons (Fsp3) is 1.00. The maximum absolute atomic E-state index is 11.0. The Kier molecular flexibility index (Phi) is 2.15. The Balaban J connectivity index is 2.06. The van der Waals surface area contributed by atoms with Crippen LogP contribution in [0.5, 0.6) is 0 Å². The zero-order valence-corrected chi connectivity index (χ0v) is 8.77. The van der Waals surface area contributed by atoms with Gasteiger partial charge in [0.15, 0.2) is 0 Å². The zero-order valence-electron chi connectivity index (χ0n) is 7.95. The number of rotatable bonds is 2. The zero-order chi connectivity index (χ0) is 9.53. The van der Waals surface area contributed by atoms with Crippen LogP contribution in [0.2, 0.25) is 0 Å². The van der Waals surface area contributed by atoms with Crippen LogP contribution in [0.4, 0.5) is 0 Å². The number of hydrogen-bond acceptors (Lipinski definition) is 3. The van der Waals surface area contributed by atoms with Crippen molar-refractivity contribution in [2.24, 2.45) is 5.41 Å². The largest absolute Gasteiger partial charge is 0.266 e. The van der Waals surface area contributed by atoms with E-state index >= 15 is 0 Å². The third-order valence-electron chi connectivity index (χ3n) is 3.46. The molecule has 2 aliphatic rings. The van der Waals surface area contributed by atoms with Gasteiger partial charge in [-0.2, -0.15) is 8.42 Å². The van der Waals surface area contributed by atoms with E-state index in [4.69, 9.17) is 4.18 Å². The highest BCUT2D eigenvalue weighted by Crippen LogP contribution is 2.54. The molecule has 0 aromatic heterocycles. The monoisotopic (exact) mass is 204 g/mol. The van der Waals surface area contributed by atoms with Gasteiger partial charge < -0.3 is 0 Å². The van der Waals surface area contributed by atoms with Crippen LogP contribution in [0.1, 0.15) is 38.5 Å². The molecule has 0 amide bonds. The van der Waals surface area contributed by atoms with E-state index in [-0.39, 0.29) is 11.5 Å². The van der Waals surface area contributed by atoms with E-state index in [1.54, 1.807) is 0 Å². The molecule has 1 spiro atoms. The van der Waals surface area contributed by atoms with Crippen LogP contribution < -0.4 is 0 Å². The van der Waals surface area contributed by atoms with Crippen LogP contribution in [0.25, 0.3) is 0 Å². The van der Waals surface area contributed by atoms with Crippen LogP contribution in [-0.4, -0.2) is 20.8 Å². The van der Waals surface area contributed by atoms with E-state index in [9.17, 15) is 8.42 Å². The first-order valence-corrected chi connectivity index (χ1v) is 6.72. The van der Waals surface area contributed by atoms with Crippen LogP contribution >= 0.6 is 0 Å². The Morgan fingerprint density at radius 1 is 1.23 bits per heavy atom. The predicted molar refractivity (Wildman–Crippen MR) is 49.9 cm³/mol. The summed E-state index contributed by atoms with van der Waals surface area (Å²) in [7, 11) is -3.25. The fourth-order valence-electron chi connectivity index (χ4n) is 2.67. The molecule has 4 heteroatoms. The molecule has 13 heavy (non-hydrogen) atoms. The minimum atomic E-state index is -3.25. The van der Waals surface area contributed by atoms with Gasteiger partial charge in [0, 0.05) is 0 Å². The van der Waals surface area contributed by atoms with Crippen LogP contribution in [0, 0.1) is 5.41 Å². The SMILES string of the molecule is CS(=O)(=O)OC1CCCC12CCC2. The van der Waals surface area contributed by atoms with Gasteiger partial charge in [-0.15, -0.1) is 0 Å². The summed E-state index contributed by atoms with van der Waals surface area (Å²) in [5.74, 6) is 0. The Hall–Kier alpha value is -0.0900. The summed E-state index contributed by atoms with van der Waals surface area (Å²) in [4.78, 5) is 0. The Bertz CT molecular complexity index is 290. The van der Waals surface area contributed by atoms with Crippen molar-refractivity contribution in [3.8, 4) is 0 Å². The third-order valence-corrected chi connectivity index (χ3v) is 4.05. The summed E-state index contributed by atoms with van der Waals surface area (Å²) in [6.45, 7) is 0. The summed E-state index contributed by atoms with van der Waals surface area (Å²) in [5.41, 5.74) is 0.239. The van der Waals surface area contributed by atoms with Crippen molar-refractivity contribution in [3.63, 3.8) is 0 Å². The normalized spacial score (nSPS) is 31.9. The highest BCUT2D eigenvalue weighted by atomic mass is 32.2. The Morgan fingerprint density at radius 3 is 2.31 bits per heavy atom. The predicted octanol–water partition coefficient (Wildman–Crippen LogP) is 1.69. The van der Waals surface area contributed by atoms with E-state index in [1.165, 1.54) is 6.42 Å². The van der Waals surface area contributed by atoms with Gasteiger partial charge in [0.05, 0.1) is 12.4 Å². The summed E-state index contributed by atoms with van der Waals surface area (Å²) in [6, 6.07) is 0. The first kappa shape index (κ1) is 9.46. The van der Waals surface area contributed by atoms with Gasteiger partial charge in [-0.25, -0.2) is 0 Å². The summed E-state index contributed by atoms with van der Waals surface area (Å²) < 4.78 is 27.1. The molecule has 0 heterocycles. The molecule has 1 atom stereocenters. The quantitative estimate of drug-likeness (QED) is 0.643. The van der Waals surface area contributed by atoms with Crippen LogP contribution in [0.15, 0.2) is 0 Å². The molecule has 0 aromatic rings. The van der Waals surface area contributed by atoms with Crippen molar-refractivity contribution < 1.29 is 12.6 Å². The van der Waals surface area contributed by atoms with Crippen LogP contribution in [0.3, 0.4) is 0 Å². The van der Waals surface area contributed by atoms with Crippen molar-refractivity contribution in [1.29, 1.82) is 0 Å². The molecule has 2 saturated carbocycles. The fourth-order valence-corrected chi connectivity index (χ4v) is 3.39. The molecule has 0 N–H and O–H groups in total. The molecular weight excluding hydrogens is 188 g/mol. The Labute approximate surface area is 79.6 Å². The average molecular weight is 204 g/mol. The molecule has 2 aliphatic carbocycles. The lowest BCUT2D eigenvalue weighted by atomic mass is 9.66. The maximum atomic E-state index is 11.0. The molecule has 2 rings (SSSR count). The van der Waals surface area contributed by atoms with E-state index in [1.807, 2.05) is 0 Å². The van der Waals surface area contributed by atoms with E-state index in [2.05, 4.69) is 0 Å². The van der Waals surface area contributed by atoms with E-state index in [0.29, 0.717) is 0 Å². The molecule has 1 unspecified atom stereocenters. The average Bonchev–Trinajstić information content (AvgIpc) is 2.25. The minimum Gasteiger partial charge on any atom is -0.266 e. The maximum Gasteiger partial charge on any atom is 0.264 e. The molecule has 0 aliphatic heterocycles. The lowest BCUT2D eigenvalue weighted by Gasteiger charge is -2.42. The molecular formula is C9H16O3S. The van der Waals surface area contributed by atoms with Gasteiger partial charge in [-0.05, 0) is 31.1 Å². The summed E-state index contributed by atoms with van der Waals surface area (Å²) >= 11 is 0. The second-order valence-corrected chi connectivity index (χ2v) is 6.00. The second-order valence-electron chi connectivity index (χ2n) is 4.40. The van der Waals surface area contributed by atoms with E-state index < -0.39 is 10.1 Å². The second kappa shape index (κ2) is 2.95. The molecule has 0 aromatic carbocycles. The van der Waals surface area contributed by atoms with Crippen molar-refractivity contribution in [2.45, 2.75) is 44.6 Å². The van der Waals surface area contributed by atoms with Crippen molar-refractivity contribution in [3.05, 3.63) is 0 Å². The van der Waals surface area contributed by atoms with Gasteiger partial charge >= 0.3 is 0 Å².